The maximum absolute atomic E-state index is 11.7. The van der Waals surface area contributed by atoms with Crippen molar-refractivity contribution in [2.45, 2.75) is 6.54 Å². The van der Waals surface area contributed by atoms with Crippen LogP contribution in [0.3, 0.4) is 0 Å². The van der Waals surface area contributed by atoms with Gasteiger partial charge < -0.3 is 4.42 Å². The number of hydrogen-bond acceptors (Lipinski definition) is 5. The summed E-state index contributed by atoms with van der Waals surface area (Å²) < 4.78 is 6.39. The monoisotopic (exact) mass is 254 g/mol. The van der Waals surface area contributed by atoms with Gasteiger partial charge in [0.05, 0.1) is 6.54 Å². The van der Waals surface area contributed by atoms with Crippen LogP contribution in [0.5, 0.6) is 0 Å². The molecule has 6 heteroatoms. The molecule has 0 aliphatic carbocycles. The van der Waals surface area contributed by atoms with Gasteiger partial charge in [-0.1, -0.05) is 6.07 Å². The van der Waals surface area contributed by atoms with Crippen LogP contribution in [0, 0.1) is 0 Å². The lowest BCUT2D eigenvalue weighted by Crippen LogP contribution is -2.16. The van der Waals surface area contributed by atoms with E-state index in [4.69, 9.17) is 4.42 Å². The van der Waals surface area contributed by atoms with E-state index in [0.717, 1.165) is 11.1 Å². The zero-order valence-electron chi connectivity index (χ0n) is 9.93. The first-order valence-electron chi connectivity index (χ1n) is 5.70. The molecule has 0 spiro atoms. The third-order valence-electron chi connectivity index (χ3n) is 2.59. The number of nitrogens with zero attached hydrogens (tertiary/aromatic N) is 4. The van der Waals surface area contributed by atoms with Crippen molar-refractivity contribution < 1.29 is 4.42 Å². The molecule has 0 bridgehead atoms. The van der Waals surface area contributed by atoms with Gasteiger partial charge in [0, 0.05) is 30.4 Å². The van der Waals surface area contributed by atoms with Crippen LogP contribution in [0.4, 0.5) is 0 Å². The fraction of sp³-hybridized carbons (Fsp3) is 0.0769. The van der Waals surface area contributed by atoms with Crippen molar-refractivity contribution in [2.24, 2.45) is 0 Å². The molecule has 0 atom stereocenters. The van der Waals surface area contributed by atoms with Gasteiger partial charge >= 0.3 is 5.76 Å². The fourth-order valence-corrected chi connectivity index (χ4v) is 1.68. The van der Waals surface area contributed by atoms with E-state index in [2.05, 4.69) is 15.1 Å². The second-order valence-electron chi connectivity index (χ2n) is 3.93. The second kappa shape index (κ2) is 4.85. The zero-order chi connectivity index (χ0) is 13.1. The summed E-state index contributed by atoms with van der Waals surface area (Å²) in [5, 5.41) is 4.16. The van der Waals surface area contributed by atoms with Gasteiger partial charge in [0.2, 0.25) is 5.89 Å². The lowest BCUT2D eigenvalue weighted by Gasteiger charge is -1.97. The van der Waals surface area contributed by atoms with Gasteiger partial charge in [-0.2, -0.15) is 4.68 Å². The van der Waals surface area contributed by atoms with Gasteiger partial charge in [0.1, 0.15) is 0 Å². The first kappa shape index (κ1) is 11.3. The van der Waals surface area contributed by atoms with E-state index in [9.17, 15) is 4.79 Å². The Labute approximate surface area is 108 Å². The molecule has 3 aromatic rings. The second-order valence-corrected chi connectivity index (χ2v) is 3.93. The number of aromatic nitrogens is 4. The molecule has 0 amide bonds. The van der Waals surface area contributed by atoms with E-state index in [-0.39, 0.29) is 5.89 Å². The van der Waals surface area contributed by atoms with Crippen molar-refractivity contribution in [3.63, 3.8) is 0 Å². The Kier molecular flexibility index (Phi) is 2.89. The molecule has 0 aliphatic heterocycles. The molecule has 0 N–H and O–H groups in total. The maximum Gasteiger partial charge on any atom is 0.437 e. The highest BCUT2D eigenvalue weighted by molar-refractivity contribution is 5.50. The molecular formula is C13H10N4O2. The zero-order valence-corrected chi connectivity index (χ0v) is 9.93. The molecular weight excluding hydrogens is 244 g/mol. The predicted molar refractivity (Wildman–Crippen MR) is 67.3 cm³/mol. The minimum atomic E-state index is -0.490. The van der Waals surface area contributed by atoms with E-state index in [1.165, 1.54) is 4.68 Å². The molecule has 3 heterocycles. The summed E-state index contributed by atoms with van der Waals surface area (Å²) in [6, 6.07) is 7.16. The SMILES string of the molecule is O=c1oc(-c2ccncc2)nn1Cc1cccnc1. The maximum atomic E-state index is 11.7. The molecule has 19 heavy (non-hydrogen) atoms. The predicted octanol–water partition coefficient (Wildman–Crippen LogP) is 1.34. The molecule has 6 nitrogen and oxygen atoms in total. The average Bonchev–Trinajstić information content (AvgIpc) is 2.82. The van der Waals surface area contributed by atoms with Crippen molar-refractivity contribution in [3.05, 3.63) is 65.2 Å². The lowest BCUT2D eigenvalue weighted by atomic mass is 10.3. The first-order valence-corrected chi connectivity index (χ1v) is 5.70. The van der Waals surface area contributed by atoms with Crippen molar-refractivity contribution >= 4 is 0 Å². The van der Waals surface area contributed by atoms with E-state index in [1.54, 1.807) is 36.9 Å². The number of hydrogen-bond donors (Lipinski definition) is 0. The van der Waals surface area contributed by atoms with Crippen LogP contribution in [0.1, 0.15) is 5.56 Å². The molecule has 3 rings (SSSR count). The smallest absolute Gasteiger partial charge is 0.388 e. The Hall–Kier alpha value is -2.76. The van der Waals surface area contributed by atoms with Gasteiger partial charge in [-0.05, 0) is 23.8 Å². The third kappa shape index (κ3) is 2.42. The van der Waals surface area contributed by atoms with Crippen molar-refractivity contribution in [3.8, 4) is 11.5 Å². The van der Waals surface area contributed by atoms with E-state index >= 15 is 0 Å². The molecule has 0 radical (unpaired) electrons. The quantitative estimate of drug-likeness (QED) is 0.705. The largest absolute Gasteiger partial charge is 0.437 e. The highest BCUT2D eigenvalue weighted by Gasteiger charge is 2.10. The Morgan fingerprint density at radius 2 is 1.95 bits per heavy atom. The molecule has 0 fully saturated rings. The van der Waals surface area contributed by atoms with Gasteiger partial charge in [-0.25, -0.2) is 4.79 Å². The Morgan fingerprint density at radius 3 is 2.68 bits per heavy atom. The van der Waals surface area contributed by atoms with E-state index in [1.807, 2.05) is 12.1 Å². The van der Waals surface area contributed by atoms with Gasteiger partial charge in [-0.3, -0.25) is 9.97 Å². The van der Waals surface area contributed by atoms with Crippen LogP contribution >= 0.6 is 0 Å². The summed E-state index contributed by atoms with van der Waals surface area (Å²) in [5.74, 6) is -0.202. The average molecular weight is 254 g/mol. The van der Waals surface area contributed by atoms with Crippen LogP contribution in [0.15, 0.2) is 58.3 Å². The van der Waals surface area contributed by atoms with Crippen LogP contribution in [-0.2, 0) is 6.54 Å². The molecule has 0 saturated carbocycles. The molecule has 0 saturated heterocycles. The molecule has 0 aromatic carbocycles. The normalized spacial score (nSPS) is 10.5. The van der Waals surface area contributed by atoms with Gasteiger partial charge in [0.15, 0.2) is 0 Å². The van der Waals surface area contributed by atoms with Crippen molar-refractivity contribution in [1.29, 1.82) is 0 Å². The third-order valence-corrected chi connectivity index (χ3v) is 2.59. The molecule has 3 aromatic heterocycles. The lowest BCUT2D eigenvalue weighted by molar-refractivity contribution is 0.495. The summed E-state index contributed by atoms with van der Waals surface area (Å²) in [6.07, 6.45) is 6.61. The molecule has 94 valence electrons. The standard InChI is InChI=1S/C13H10N4O2/c18-13-17(9-10-2-1-5-15-8-10)16-12(19-13)11-3-6-14-7-4-11/h1-8H,9H2. The van der Waals surface area contributed by atoms with E-state index < -0.39 is 5.76 Å². The molecule has 0 unspecified atom stereocenters. The van der Waals surface area contributed by atoms with Crippen LogP contribution in [0.2, 0.25) is 0 Å². The summed E-state index contributed by atoms with van der Waals surface area (Å²) in [7, 11) is 0. The Morgan fingerprint density at radius 1 is 1.11 bits per heavy atom. The minimum absolute atomic E-state index is 0.288. The molecule has 0 aliphatic rings. The van der Waals surface area contributed by atoms with Gasteiger partial charge in [0.25, 0.3) is 0 Å². The van der Waals surface area contributed by atoms with Crippen molar-refractivity contribution in [2.75, 3.05) is 0 Å². The van der Waals surface area contributed by atoms with Crippen LogP contribution in [-0.4, -0.2) is 19.7 Å². The van der Waals surface area contributed by atoms with Crippen molar-refractivity contribution in [1.82, 2.24) is 19.7 Å². The van der Waals surface area contributed by atoms with Gasteiger partial charge in [-0.15, -0.1) is 5.10 Å². The summed E-state index contributed by atoms with van der Waals surface area (Å²) in [6.45, 7) is 0.335. The Bertz CT molecular complexity index is 719. The number of rotatable bonds is 3. The summed E-state index contributed by atoms with van der Waals surface area (Å²) >= 11 is 0. The number of pyridine rings is 2. The fourth-order valence-electron chi connectivity index (χ4n) is 1.68. The van der Waals surface area contributed by atoms with E-state index in [0.29, 0.717) is 6.54 Å². The summed E-state index contributed by atoms with van der Waals surface area (Å²) in [5.41, 5.74) is 1.61. The first-order chi connectivity index (χ1) is 9.33. The minimum Gasteiger partial charge on any atom is -0.388 e. The Balaban J connectivity index is 1.93. The highest BCUT2D eigenvalue weighted by atomic mass is 16.4. The summed E-state index contributed by atoms with van der Waals surface area (Å²) in [4.78, 5) is 19.6. The van der Waals surface area contributed by atoms with Crippen LogP contribution < -0.4 is 5.76 Å². The highest BCUT2D eigenvalue weighted by Crippen LogP contribution is 2.13. The van der Waals surface area contributed by atoms with Crippen LogP contribution in [0.25, 0.3) is 11.5 Å². The topological polar surface area (TPSA) is 73.8 Å².